The van der Waals surface area contributed by atoms with E-state index in [1.54, 1.807) is 12.1 Å². The van der Waals surface area contributed by atoms with Crippen molar-refractivity contribution in [2.75, 3.05) is 31.6 Å². The lowest BCUT2D eigenvalue weighted by atomic mass is 10.0. The number of halogens is 1. The summed E-state index contributed by atoms with van der Waals surface area (Å²) in [7, 11) is 0. The van der Waals surface area contributed by atoms with E-state index in [1.807, 2.05) is 18.2 Å². The van der Waals surface area contributed by atoms with Gasteiger partial charge in [-0.2, -0.15) is 0 Å². The molecule has 0 radical (unpaired) electrons. The number of rotatable bonds is 4. The number of anilines is 1. The Morgan fingerprint density at radius 2 is 1.88 bits per heavy atom. The molecule has 136 valence electrons. The van der Waals surface area contributed by atoms with Gasteiger partial charge in [-0.15, -0.1) is 0 Å². The number of nitrogens with one attached hydrogen (secondary N) is 2. The molecule has 2 heterocycles. The molecule has 2 aromatic rings. The van der Waals surface area contributed by atoms with Crippen LogP contribution in [0.15, 0.2) is 42.5 Å². The molecule has 0 aliphatic carbocycles. The number of hydrogen-bond donors (Lipinski definition) is 2. The molecule has 0 aromatic heterocycles. The molecule has 26 heavy (non-hydrogen) atoms. The normalized spacial score (nSPS) is 21.4. The van der Waals surface area contributed by atoms with E-state index in [-0.39, 0.29) is 5.91 Å². The SMILES string of the molecule is O=C(C[NH+]1CCC[C@@H]1c1ccc2c(c1)OCCO2)Nc1ccc(Cl)cc1. The molecule has 0 saturated carbocycles. The number of ether oxygens (including phenoxy) is 2. The van der Waals surface area contributed by atoms with Crippen molar-refractivity contribution in [1.29, 1.82) is 0 Å². The minimum absolute atomic E-state index is 0.0202. The molecule has 2 atom stereocenters. The first-order chi connectivity index (χ1) is 12.7. The Morgan fingerprint density at radius 3 is 2.69 bits per heavy atom. The first-order valence-electron chi connectivity index (χ1n) is 8.98. The van der Waals surface area contributed by atoms with Gasteiger partial charge in [-0.3, -0.25) is 4.79 Å². The molecule has 2 aliphatic rings. The van der Waals surface area contributed by atoms with Gasteiger partial charge in [0, 0.05) is 29.1 Å². The fraction of sp³-hybridized carbons (Fsp3) is 0.350. The van der Waals surface area contributed by atoms with Crippen LogP contribution >= 0.6 is 11.6 Å². The Labute approximate surface area is 157 Å². The standard InChI is InChI=1S/C20H21ClN2O3/c21-15-4-6-16(7-5-15)22-20(24)13-23-9-1-2-17(23)14-3-8-18-19(12-14)26-11-10-25-18/h3-8,12,17H,1-2,9-11,13H2,(H,22,24)/p+1/t17-/m1/s1. The van der Waals surface area contributed by atoms with Crippen LogP contribution in [0, 0.1) is 0 Å². The number of carbonyl (C=O) groups is 1. The van der Waals surface area contributed by atoms with E-state index in [0.717, 1.165) is 36.6 Å². The van der Waals surface area contributed by atoms with E-state index in [9.17, 15) is 4.79 Å². The minimum Gasteiger partial charge on any atom is -0.486 e. The molecular weight excluding hydrogens is 352 g/mol. The number of hydrogen-bond acceptors (Lipinski definition) is 3. The van der Waals surface area contributed by atoms with Gasteiger partial charge in [-0.25, -0.2) is 0 Å². The summed E-state index contributed by atoms with van der Waals surface area (Å²) in [6.45, 7) is 2.62. The lowest BCUT2D eigenvalue weighted by molar-refractivity contribution is -0.910. The molecule has 2 aromatic carbocycles. The van der Waals surface area contributed by atoms with Crippen LogP contribution in [-0.4, -0.2) is 32.2 Å². The van der Waals surface area contributed by atoms with E-state index in [0.29, 0.717) is 30.8 Å². The average molecular weight is 374 g/mol. The van der Waals surface area contributed by atoms with E-state index < -0.39 is 0 Å². The summed E-state index contributed by atoms with van der Waals surface area (Å²) in [5.41, 5.74) is 1.98. The average Bonchev–Trinajstić information content (AvgIpc) is 3.11. The maximum atomic E-state index is 12.5. The van der Waals surface area contributed by atoms with E-state index in [4.69, 9.17) is 21.1 Å². The summed E-state index contributed by atoms with van der Waals surface area (Å²) < 4.78 is 11.3. The summed E-state index contributed by atoms with van der Waals surface area (Å²) in [6, 6.07) is 13.6. The van der Waals surface area contributed by atoms with Crippen LogP contribution in [0.25, 0.3) is 0 Å². The Kier molecular flexibility index (Phi) is 5.00. The monoisotopic (exact) mass is 373 g/mol. The predicted molar refractivity (Wildman–Crippen MR) is 100 cm³/mol. The van der Waals surface area contributed by atoms with Crippen LogP contribution in [0.5, 0.6) is 11.5 Å². The van der Waals surface area contributed by atoms with Crippen LogP contribution in [0.4, 0.5) is 5.69 Å². The summed E-state index contributed by atoms with van der Waals surface area (Å²) in [5.74, 6) is 1.64. The molecule has 1 saturated heterocycles. The third-order valence-corrected chi connectivity index (χ3v) is 5.22. The second-order valence-electron chi connectivity index (χ2n) is 6.74. The highest BCUT2D eigenvalue weighted by molar-refractivity contribution is 6.30. The molecule has 1 fully saturated rings. The number of carbonyl (C=O) groups excluding carboxylic acids is 1. The Morgan fingerprint density at radius 1 is 1.12 bits per heavy atom. The lowest BCUT2D eigenvalue weighted by Crippen LogP contribution is -3.11. The summed E-state index contributed by atoms with van der Waals surface area (Å²) in [5, 5.41) is 3.61. The fourth-order valence-electron chi connectivity index (χ4n) is 3.75. The molecule has 2 N–H and O–H groups in total. The van der Waals surface area contributed by atoms with Crippen LogP contribution in [-0.2, 0) is 4.79 Å². The van der Waals surface area contributed by atoms with Crippen molar-refractivity contribution in [2.24, 2.45) is 0 Å². The maximum Gasteiger partial charge on any atom is 0.279 e. The molecule has 4 rings (SSSR count). The third-order valence-electron chi connectivity index (χ3n) is 4.97. The zero-order valence-electron chi connectivity index (χ0n) is 14.5. The summed E-state index contributed by atoms with van der Waals surface area (Å²) in [4.78, 5) is 13.7. The summed E-state index contributed by atoms with van der Waals surface area (Å²) in [6.07, 6.45) is 2.19. The van der Waals surface area contributed by atoms with Crippen molar-refractivity contribution < 1.29 is 19.2 Å². The van der Waals surface area contributed by atoms with Crippen molar-refractivity contribution in [2.45, 2.75) is 18.9 Å². The molecule has 1 unspecified atom stereocenters. The first-order valence-corrected chi connectivity index (χ1v) is 9.36. The molecule has 0 bridgehead atoms. The van der Waals surface area contributed by atoms with Gasteiger partial charge in [0.1, 0.15) is 19.3 Å². The number of likely N-dealkylation sites (tertiary alicyclic amines) is 1. The second-order valence-corrected chi connectivity index (χ2v) is 7.17. The van der Waals surface area contributed by atoms with Crippen molar-refractivity contribution >= 4 is 23.2 Å². The van der Waals surface area contributed by atoms with Gasteiger partial charge >= 0.3 is 0 Å². The van der Waals surface area contributed by atoms with Crippen LogP contribution in [0.2, 0.25) is 5.02 Å². The third kappa shape index (κ3) is 3.79. The van der Waals surface area contributed by atoms with Crippen LogP contribution in [0.3, 0.4) is 0 Å². The fourth-order valence-corrected chi connectivity index (χ4v) is 3.87. The van der Waals surface area contributed by atoms with Crippen molar-refractivity contribution in [1.82, 2.24) is 0 Å². The molecule has 0 spiro atoms. The second kappa shape index (κ2) is 7.56. The van der Waals surface area contributed by atoms with Crippen LogP contribution < -0.4 is 19.7 Å². The quantitative estimate of drug-likeness (QED) is 0.865. The highest BCUT2D eigenvalue weighted by Gasteiger charge is 2.32. The molecule has 6 heteroatoms. The van der Waals surface area contributed by atoms with Gasteiger partial charge < -0.3 is 19.7 Å². The number of amides is 1. The molecular formula is C20H22ClN2O3+. The van der Waals surface area contributed by atoms with Crippen molar-refractivity contribution in [3.8, 4) is 11.5 Å². The van der Waals surface area contributed by atoms with E-state index in [1.165, 1.54) is 10.5 Å². The Balaban J connectivity index is 1.43. The van der Waals surface area contributed by atoms with Gasteiger partial charge in [0.2, 0.25) is 0 Å². The highest BCUT2D eigenvalue weighted by Crippen LogP contribution is 2.33. The zero-order valence-corrected chi connectivity index (χ0v) is 15.2. The van der Waals surface area contributed by atoms with Crippen molar-refractivity contribution in [3.63, 3.8) is 0 Å². The smallest absolute Gasteiger partial charge is 0.279 e. The Bertz CT molecular complexity index is 794. The van der Waals surface area contributed by atoms with Gasteiger partial charge in [0.25, 0.3) is 5.91 Å². The molecule has 2 aliphatic heterocycles. The van der Waals surface area contributed by atoms with Gasteiger partial charge in [0.15, 0.2) is 18.0 Å². The first kappa shape index (κ1) is 17.2. The predicted octanol–water partition coefficient (Wildman–Crippen LogP) is 2.47. The highest BCUT2D eigenvalue weighted by atomic mass is 35.5. The number of benzene rings is 2. The van der Waals surface area contributed by atoms with E-state index in [2.05, 4.69) is 17.4 Å². The largest absolute Gasteiger partial charge is 0.486 e. The minimum atomic E-state index is 0.0202. The lowest BCUT2D eigenvalue weighted by Gasteiger charge is -2.24. The topological polar surface area (TPSA) is 52.0 Å². The van der Waals surface area contributed by atoms with Crippen molar-refractivity contribution in [3.05, 3.63) is 53.1 Å². The van der Waals surface area contributed by atoms with Gasteiger partial charge in [-0.1, -0.05) is 11.6 Å². The van der Waals surface area contributed by atoms with Gasteiger partial charge in [0.05, 0.1) is 6.54 Å². The zero-order chi connectivity index (χ0) is 17.9. The van der Waals surface area contributed by atoms with E-state index >= 15 is 0 Å². The number of quaternary nitrogens is 1. The maximum absolute atomic E-state index is 12.5. The number of fused-ring (bicyclic) bond motifs is 1. The summed E-state index contributed by atoms with van der Waals surface area (Å²) >= 11 is 5.89. The molecule has 5 nitrogen and oxygen atoms in total. The molecule has 1 amide bonds. The van der Waals surface area contributed by atoms with Crippen LogP contribution in [0.1, 0.15) is 24.4 Å². The Hall–Kier alpha value is -2.24. The van der Waals surface area contributed by atoms with Gasteiger partial charge in [-0.05, 0) is 42.5 Å².